The van der Waals surface area contributed by atoms with Gasteiger partial charge in [0.15, 0.2) is 40.2 Å². The maximum Gasteiger partial charge on any atom is 0.410 e. The van der Waals surface area contributed by atoms with Crippen molar-refractivity contribution in [3.8, 4) is 23.3 Å². The first-order valence-corrected chi connectivity index (χ1v) is 13.8. The minimum atomic E-state index is -0.809. The molecule has 2 aromatic carbocycles. The molecule has 5 rings (SSSR count). The molecule has 0 radical (unpaired) electrons. The van der Waals surface area contributed by atoms with Gasteiger partial charge in [0, 0.05) is 19.1 Å². The molecule has 10 nitrogen and oxygen atoms in total. The topological polar surface area (TPSA) is 104 Å². The van der Waals surface area contributed by atoms with Gasteiger partial charge in [0.2, 0.25) is 0 Å². The van der Waals surface area contributed by atoms with Crippen molar-refractivity contribution < 1.29 is 27.8 Å². The highest BCUT2D eigenvalue weighted by Gasteiger charge is 2.30. The first kappa shape index (κ1) is 29.6. The highest BCUT2D eigenvalue weighted by atomic mass is 19.1. The van der Waals surface area contributed by atoms with Crippen LogP contribution >= 0.6 is 0 Å². The summed E-state index contributed by atoms with van der Waals surface area (Å²) >= 11 is 0. The third-order valence-corrected chi connectivity index (χ3v) is 6.62. The van der Waals surface area contributed by atoms with Crippen molar-refractivity contribution in [3.05, 3.63) is 71.8 Å². The number of ether oxygens (including phenoxy) is 3. The van der Waals surface area contributed by atoms with Crippen molar-refractivity contribution in [3.63, 3.8) is 0 Å². The third-order valence-electron chi connectivity index (χ3n) is 6.62. The van der Waals surface area contributed by atoms with E-state index in [0.29, 0.717) is 48.9 Å². The molecule has 0 aliphatic carbocycles. The van der Waals surface area contributed by atoms with Gasteiger partial charge in [-0.15, -0.1) is 0 Å². The summed E-state index contributed by atoms with van der Waals surface area (Å²) in [6.07, 6.45) is 1.79. The van der Waals surface area contributed by atoms with E-state index in [2.05, 4.69) is 27.1 Å². The predicted molar refractivity (Wildman–Crippen MR) is 156 cm³/mol. The Labute approximate surface area is 248 Å². The lowest BCUT2D eigenvalue weighted by molar-refractivity contribution is 0.0293. The molecule has 1 aliphatic heterocycles. The van der Waals surface area contributed by atoms with Gasteiger partial charge in [0.05, 0.1) is 13.7 Å². The fourth-order valence-corrected chi connectivity index (χ4v) is 4.61. The SMILES string of the molecule is COc1ccc(Cn2c(C#CCOc3c(F)cccc3F)nc3c(N[C@@H]4CCN(C(=O)OC(C)(C)C)C4)ncnc32)cc1. The molecule has 0 saturated carbocycles. The van der Waals surface area contributed by atoms with E-state index in [1.54, 1.807) is 12.0 Å². The number of methoxy groups -OCH3 is 1. The maximum atomic E-state index is 14.0. The number of nitrogens with zero attached hydrogens (tertiary/aromatic N) is 5. The lowest BCUT2D eigenvalue weighted by Crippen LogP contribution is -2.36. The minimum absolute atomic E-state index is 0.0732. The lowest BCUT2D eigenvalue weighted by atomic mass is 10.2. The van der Waals surface area contributed by atoms with Gasteiger partial charge in [-0.25, -0.2) is 28.5 Å². The summed E-state index contributed by atoms with van der Waals surface area (Å²) < 4.78 is 45.8. The number of fused-ring (bicyclic) bond motifs is 1. The number of hydrogen-bond acceptors (Lipinski definition) is 8. The van der Waals surface area contributed by atoms with Crippen molar-refractivity contribution in [2.45, 2.75) is 45.4 Å². The summed E-state index contributed by atoms with van der Waals surface area (Å²) in [5.41, 5.74) is 1.41. The summed E-state index contributed by atoms with van der Waals surface area (Å²) in [5, 5.41) is 3.40. The van der Waals surface area contributed by atoms with E-state index in [1.807, 2.05) is 49.6 Å². The number of likely N-dealkylation sites (tertiary alicyclic amines) is 1. The molecule has 0 unspecified atom stereocenters. The van der Waals surface area contributed by atoms with Gasteiger partial charge < -0.3 is 24.4 Å². The Bertz CT molecular complexity index is 1650. The number of aromatic nitrogens is 4. The van der Waals surface area contributed by atoms with Gasteiger partial charge in [-0.1, -0.05) is 24.1 Å². The van der Waals surface area contributed by atoms with Crippen LogP contribution in [0.2, 0.25) is 0 Å². The summed E-state index contributed by atoms with van der Waals surface area (Å²) in [6.45, 7) is 6.63. The second kappa shape index (κ2) is 12.5. The molecule has 0 bridgehead atoms. The molecule has 1 fully saturated rings. The Morgan fingerprint density at radius 2 is 1.86 bits per heavy atom. The molecule has 0 spiro atoms. The number of imidazole rings is 1. The average Bonchev–Trinajstić information content (AvgIpc) is 3.57. The van der Waals surface area contributed by atoms with Crippen LogP contribution in [0.1, 0.15) is 38.6 Å². The fraction of sp³-hybridized carbons (Fsp3) is 0.355. The molecule has 224 valence electrons. The number of benzene rings is 2. The molecule has 12 heteroatoms. The van der Waals surface area contributed by atoms with Crippen LogP contribution in [0.3, 0.4) is 0 Å². The molecule has 43 heavy (non-hydrogen) atoms. The summed E-state index contributed by atoms with van der Waals surface area (Å²) in [6, 6.07) is 11.0. The van der Waals surface area contributed by atoms with E-state index in [-0.39, 0.29) is 18.7 Å². The quantitative estimate of drug-likeness (QED) is 0.300. The zero-order valence-corrected chi connectivity index (χ0v) is 24.4. The van der Waals surface area contributed by atoms with Crippen LogP contribution in [0.4, 0.5) is 19.4 Å². The standard InChI is InChI=1S/C31H32F2N6O4/c1-31(2,3)43-30(40)38-15-14-21(18-38)36-28-26-29(35-19-34-28)39(17-20-10-12-22(41-4)13-11-20)25(37-26)9-6-16-42-27-23(32)7-5-8-24(27)33/h5,7-8,10-13,19,21H,14-18H2,1-4H3,(H,34,35,36)/t21-/m1/s1. The van der Waals surface area contributed by atoms with Gasteiger partial charge >= 0.3 is 6.09 Å². The van der Waals surface area contributed by atoms with Crippen molar-refractivity contribution >= 4 is 23.1 Å². The Morgan fingerprint density at radius 3 is 2.56 bits per heavy atom. The second-order valence-electron chi connectivity index (χ2n) is 11.0. The first-order valence-electron chi connectivity index (χ1n) is 13.8. The normalized spacial score (nSPS) is 14.7. The molecule has 1 N–H and O–H groups in total. The number of nitrogens with one attached hydrogen (secondary N) is 1. The number of amides is 1. The van der Waals surface area contributed by atoms with Crippen LogP contribution < -0.4 is 14.8 Å². The third kappa shape index (κ3) is 7.12. The molecule has 2 aromatic heterocycles. The van der Waals surface area contributed by atoms with Crippen LogP contribution in [0.15, 0.2) is 48.8 Å². The van der Waals surface area contributed by atoms with E-state index in [0.717, 1.165) is 23.4 Å². The fourth-order valence-electron chi connectivity index (χ4n) is 4.61. The first-order chi connectivity index (χ1) is 20.6. The van der Waals surface area contributed by atoms with Gasteiger partial charge in [-0.2, -0.15) is 0 Å². The molecule has 1 saturated heterocycles. The summed E-state index contributed by atoms with van der Waals surface area (Å²) in [7, 11) is 1.60. The van der Waals surface area contributed by atoms with Crippen molar-refractivity contribution in [2.75, 3.05) is 32.1 Å². The number of hydrogen-bond donors (Lipinski definition) is 1. The van der Waals surface area contributed by atoms with Crippen LogP contribution in [0, 0.1) is 23.5 Å². The van der Waals surface area contributed by atoms with E-state index >= 15 is 0 Å². The smallest absolute Gasteiger partial charge is 0.410 e. The zero-order valence-electron chi connectivity index (χ0n) is 24.4. The van der Waals surface area contributed by atoms with Crippen LogP contribution in [0.5, 0.6) is 11.5 Å². The van der Waals surface area contributed by atoms with E-state index in [1.165, 1.54) is 12.4 Å². The zero-order chi connectivity index (χ0) is 30.6. The van der Waals surface area contributed by atoms with Gasteiger partial charge in [0.1, 0.15) is 24.3 Å². The molecular weight excluding hydrogens is 558 g/mol. The number of para-hydroxylation sites is 1. The largest absolute Gasteiger partial charge is 0.497 e. The number of halogens is 2. The monoisotopic (exact) mass is 590 g/mol. The molecule has 1 amide bonds. The van der Waals surface area contributed by atoms with Gasteiger partial charge in [0.25, 0.3) is 0 Å². The van der Waals surface area contributed by atoms with Crippen LogP contribution in [-0.2, 0) is 11.3 Å². The predicted octanol–water partition coefficient (Wildman–Crippen LogP) is 5.01. The summed E-state index contributed by atoms with van der Waals surface area (Å²) in [5.74, 6) is 5.26. The van der Waals surface area contributed by atoms with Crippen molar-refractivity contribution in [1.29, 1.82) is 0 Å². The maximum absolute atomic E-state index is 14.0. The van der Waals surface area contributed by atoms with E-state index < -0.39 is 23.0 Å². The van der Waals surface area contributed by atoms with E-state index in [4.69, 9.17) is 19.2 Å². The Kier molecular flexibility index (Phi) is 8.61. The molecule has 1 aliphatic rings. The number of anilines is 1. The Balaban J connectivity index is 1.41. The number of carbonyl (C=O) groups excluding carboxylic acids is 1. The van der Waals surface area contributed by atoms with Gasteiger partial charge in [-0.05, 0) is 62.9 Å². The minimum Gasteiger partial charge on any atom is -0.497 e. The molecule has 1 atom stereocenters. The Hall–Kier alpha value is -4.92. The van der Waals surface area contributed by atoms with Crippen molar-refractivity contribution in [2.24, 2.45) is 0 Å². The lowest BCUT2D eigenvalue weighted by Gasteiger charge is -2.24. The van der Waals surface area contributed by atoms with Crippen LogP contribution in [-0.4, -0.2) is 69.0 Å². The van der Waals surface area contributed by atoms with Crippen molar-refractivity contribution in [1.82, 2.24) is 24.4 Å². The summed E-state index contributed by atoms with van der Waals surface area (Å²) in [4.78, 5) is 27.9. The highest BCUT2D eigenvalue weighted by Crippen LogP contribution is 2.25. The average molecular weight is 591 g/mol. The molecule has 3 heterocycles. The molecular formula is C31H32F2N6O4. The molecule has 4 aromatic rings. The Morgan fingerprint density at radius 1 is 1.12 bits per heavy atom. The number of rotatable bonds is 7. The van der Waals surface area contributed by atoms with E-state index in [9.17, 15) is 13.6 Å². The number of carbonyl (C=O) groups is 1. The van der Waals surface area contributed by atoms with Crippen LogP contribution in [0.25, 0.3) is 11.2 Å². The highest BCUT2D eigenvalue weighted by molar-refractivity contribution is 5.84. The van der Waals surface area contributed by atoms with Gasteiger partial charge in [-0.3, -0.25) is 4.57 Å². The second-order valence-corrected chi connectivity index (χ2v) is 11.0.